The highest BCUT2D eigenvalue weighted by Gasteiger charge is 2.37. The van der Waals surface area contributed by atoms with E-state index in [1.54, 1.807) is 11.8 Å². The number of hydrogen-bond acceptors (Lipinski definition) is 12. The standard InChI is InChI=1S/C35H41N6O6PS/c1-22-19-26(46-33(22)41-23(2)37-30-31(41)38-35(36)39-32(30)43-3)21-45-48(47-29-16-10-14-25-13-8-9-15-27(25)29)40-28(17-18-49-4)34(42)44-20-24-11-6-5-7-12-24/h5-16,22,26,28,33,40H,17-21H2,1-4H3,(H2,36,38,39). The van der Waals surface area contributed by atoms with Gasteiger partial charge in [0.2, 0.25) is 11.8 Å². The molecule has 5 aromatic rings. The van der Waals surface area contributed by atoms with Gasteiger partial charge in [-0.2, -0.15) is 21.7 Å². The first-order valence-electron chi connectivity index (χ1n) is 16.1. The molecule has 0 radical (unpaired) electrons. The topological polar surface area (TPSA) is 145 Å². The second-order valence-electron chi connectivity index (χ2n) is 11.8. The molecule has 12 nitrogen and oxygen atoms in total. The third-order valence-electron chi connectivity index (χ3n) is 8.29. The van der Waals surface area contributed by atoms with Crippen molar-refractivity contribution in [2.75, 3.05) is 31.5 Å². The van der Waals surface area contributed by atoms with Gasteiger partial charge in [0.05, 0.1) is 19.8 Å². The fourth-order valence-corrected chi connectivity index (χ4v) is 7.67. The average Bonchev–Trinajstić information content (AvgIpc) is 3.64. The number of imidazole rings is 1. The molecule has 0 aliphatic carbocycles. The van der Waals surface area contributed by atoms with Crippen molar-refractivity contribution < 1.29 is 28.1 Å². The van der Waals surface area contributed by atoms with Crippen molar-refractivity contribution in [1.29, 1.82) is 0 Å². The third-order valence-corrected chi connectivity index (χ3v) is 10.2. The Balaban J connectivity index is 1.21. The molecule has 5 atom stereocenters. The van der Waals surface area contributed by atoms with Gasteiger partial charge in [-0.1, -0.05) is 73.7 Å². The van der Waals surface area contributed by atoms with Gasteiger partial charge in [-0.25, -0.2) is 10.1 Å². The number of benzene rings is 3. The molecule has 258 valence electrons. The van der Waals surface area contributed by atoms with Gasteiger partial charge in [0.15, 0.2) is 11.2 Å². The Bertz CT molecular complexity index is 1880. The molecule has 1 aliphatic rings. The van der Waals surface area contributed by atoms with E-state index in [0.29, 0.717) is 41.5 Å². The van der Waals surface area contributed by atoms with Crippen LogP contribution in [0.2, 0.25) is 0 Å². The highest BCUT2D eigenvalue weighted by atomic mass is 32.2. The van der Waals surface area contributed by atoms with Crippen LogP contribution < -0.4 is 20.1 Å². The number of ether oxygens (including phenoxy) is 3. The Kier molecular flexibility index (Phi) is 11.5. The number of nitrogens with zero attached hydrogens (tertiary/aromatic N) is 4. The number of thioether (sulfide) groups is 1. The number of methoxy groups -OCH3 is 1. The molecular formula is C35H41N6O6PS. The number of fused-ring (bicyclic) bond motifs is 2. The van der Waals surface area contributed by atoms with Gasteiger partial charge in [-0.15, -0.1) is 0 Å². The zero-order valence-electron chi connectivity index (χ0n) is 27.9. The van der Waals surface area contributed by atoms with Crippen LogP contribution in [-0.2, 0) is 25.4 Å². The molecule has 5 unspecified atom stereocenters. The van der Waals surface area contributed by atoms with E-state index < -0.39 is 14.6 Å². The predicted molar refractivity (Wildman–Crippen MR) is 192 cm³/mol. The lowest BCUT2D eigenvalue weighted by molar-refractivity contribution is -0.147. The van der Waals surface area contributed by atoms with Gasteiger partial charge in [-0.3, -0.25) is 9.36 Å². The molecule has 0 spiro atoms. The minimum Gasteiger partial charge on any atom is -0.479 e. The molecule has 1 aliphatic heterocycles. The van der Waals surface area contributed by atoms with Gasteiger partial charge in [0, 0.05) is 11.3 Å². The number of hydrogen-bond donors (Lipinski definition) is 2. The first-order chi connectivity index (χ1) is 23.8. The summed E-state index contributed by atoms with van der Waals surface area (Å²) in [6, 6.07) is 22.9. The summed E-state index contributed by atoms with van der Waals surface area (Å²) in [5.41, 5.74) is 7.99. The summed E-state index contributed by atoms with van der Waals surface area (Å²) in [7, 11) is -0.285. The van der Waals surface area contributed by atoms with Crippen LogP contribution in [0.5, 0.6) is 11.6 Å². The van der Waals surface area contributed by atoms with Crippen molar-refractivity contribution in [3.8, 4) is 11.6 Å². The number of carbonyl (C=O) groups excluding carboxylic acids is 1. The average molecular weight is 705 g/mol. The van der Waals surface area contributed by atoms with Crippen LogP contribution in [0.1, 0.15) is 37.4 Å². The summed E-state index contributed by atoms with van der Waals surface area (Å²) in [4.78, 5) is 26.7. The van der Waals surface area contributed by atoms with Crippen molar-refractivity contribution in [2.24, 2.45) is 5.92 Å². The maximum Gasteiger partial charge on any atom is 0.323 e. The first kappa shape index (κ1) is 34.8. The van der Waals surface area contributed by atoms with E-state index >= 15 is 0 Å². The van der Waals surface area contributed by atoms with Crippen LogP contribution in [0.3, 0.4) is 0 Å². The van der Waals surface area contributed by atoms with Crippen molar-refractivity contribution in [3.63, 3.8) is 0 Å². The van der Waals surface area contributed by atoms with E-state index in [-0.39, 0.29) is 43.4 Å². The smallest absolute Gasteiger partial charge is 0.323 e. The highest BCUT2D eigenvalue weighted by molar-refractivity contribution is 7.98. The molecular weight excluding hydrogens is 663 g/mol. The molecule has 1 saturated heterocycles. The molecule has 0 saturated carbocycles. The second kappa shape index (κ2) is 16.1. The number of anilines is 1. The van der Waals surface area contributed by atoms with Gasteiger partial charge < -0.3 is 29.0 Å². The predicted octanol–water partition coefficient (Wildman–Crippen LogP) is 6.58. The SMILES string of the molecule is COc1nc(N)nc2c1nc(C)n2C1OC(COP(NC(CCSC)C(=O)OCc2ccccc2)Oc2cccc3ccccc23)CC1C. The van der Waals surface area contributed by atoms with E-state index in [2.05, 4.69) is 27.0 Å². The lowest BCUT2D eigenvalue weighted by Gasteiger charge is -2.25. The zero-order chi connectivity index (χ0) is 34.3. The summed E-state index contributed by atoms with van der Waals surface area (Å²) in [6.07, 6.45) is 2.63. The Hall–Kier alpha value is -4.00. The maximum atomic E-state index is 13.5. The summed E-state index contributed by atoms with van der Waals surface area (Å²) >= 11 is 1.66. The summed E-state index contributed by atoms with van der Waals surface area (Å²) in [5.74, 6) is 2.26. The number of rotatable bonds is 15. The molecule has 3 aromatic carbocycles. The van der Waals surface area contributed by atoms with Crippen LogP contribution >= 0.6 is 20.3 Å². The number of nitrogen functional groups attached to an aromatic ring is 1. The fraction of sp³-hybridized carbons (Fsp3) is 0.371. The van der Waals surface area contributed by atoms with E-state index in [9.17, 15) is 4.79 Å². The number of nitrogens with two attached hydrogens (primary N) is 1. The maximum absolute atomic E-state index is 13.5. The summed E-state index contributed by atoms with van der Waals surface area (Å²) in [5, 5.41) is 5.36. The minimum atomic E-state index is -1.81. The largest absolute Gasteiger partial charge is 0.479 e. The third kappa shape index (κ3) is 8.25. The van der Waals surface area contributed by atoms with Crippen LogP contribution in [0.25, 0.3) is 21.9 Å². The minimum absolute atomic E-state index is 0.0941. The molecule has 49 heavy (non-hydrogen) atoms. The van der Waals surface area contributed by atoms with E-state index in [0.717, 1.165) is 22.1 Å². The monoisotopic (exact) mass is 704 g/mol. The van der Waals surface area contributed by atoms with Crippen LogP contribution in [-0.4, -0.2) is 63.4 Å². The zero-order valence-corrected chi connectivity index (χ0v) is 29.7. The number of aryl methyl sites for hydroxylation is 1. The van der Waals surface area contributed by atoms with Crippen LogP contribution in [0.15, 0.2) is 72.8 Å². The number of nitrogens with one attached hydrogen (secondary N) is 1. The molecule has 3 heterocycles. The number of aromatic nitrogens is 4. The van der Waals surface area contributed by atoms with E-state index in [4.69, 9.17) is 29.0 Å². The Morgan fingerprint density at radius 2 is 1.88 bits per heavy atom. The number of carbonyl (C=O) groups is 1. The Labute approximate surface area is 291 Å². The molecule has 3 N–H and O–H groups in total. The van der Waals surface area contributed by atoms with Gasteiger partial charge in [-0.05, 0) is 48.8 Å². The van der Waals surface area contributed by atoms with Gasteiger partial charge in [0.1, 0.15) is 30.5 Å². The molecule has 0 bridgehead atoms. The van der Waals surface area contributed by atoms with Crippen molar-refractivity contribution >= 4 is 54.1 Å². The molecule has 1 fully saturated rings. The molecule has 6 rings (SSSR count). The number of esters is 1. The van der Waals surface area contributed by atoms with E-state index in [1.807, 2.05) is 90.5 Å². The summed E-state index contributed by atoms with van der Waals surface area (Å²) in [6.45, 7) is 4.42. The lowest BCUT2D eigenvalue weighted by Crippen LogP contribution is -2.37. The van der Waals surface area contributed by atoms with Crippen molar-refractivity contribution in [2.45, 2.75) is 51.7 Å². The van der Waals surface area contributed by atoms with Gasteiger partial charge in [0.25, 0.3) is 0 Å². The molecule has 14 heteroatoms. The second-order valence-corrected chi connectivity index (χ2v) is 14.0. The summed E-state index contributed by atoms with van der Waals surface area (Å²) < 4.78 is 32.7. The van der Waals surface area contributed by atoms with E-state index in [1.165, 1.54) is 7.11 Å². The molecule has 2 aromatic heterocycles. The van der Waals surface area contributed by atoms with Crippen LogP contribution in [0.4, 0.5) is 5.95 Å². The lowest BCUT2D eigenvalue weighted by atomic mass is 10.1. The Morgan fingerprint density at radius 3 is 2.67 bits per heavy atom. The first-order valence-corrected chi connectivity index (χ1v) is 18.7. The fourth-order valence-electron chi connectivity index (χ4n) is 5.89. The molecule has 0 amide bonds. The van der Waals surface area contributed by atoms with Crippen LogP contribution in [0, 0.1) is 12.8 Å². The van der Waals surface area contributed by atoms with Crippen molar-refractivity contribution in [1.82, 2.24) is 24.6 Å². The van der Waals surface area contributed by atoms with Crippen molar-refractivity contribution in [3.05, 3.63) is 84.2 Å². The Morgan fingerprint density at radius 1 is 1.10 bits per heavy atom. The van der Waals surface area contributed by atoms with Gasteiger partial charge >= 0.3 is 14.5 Å². The quantitative estimate of drug-likeness (QED) is 0.0897. The normalized spacial score (nSPS) is 18.8. The highest BCUT2D eigenvalue weighted by Crippen LogP contribution is 2.43.